The van der Waals surface area contributed by atoms with E-state index in [1.165, 1.54) is 0 Å². The van der Waals surface area contributed by atoms with E-state index in [-0.39, 0.29) is 137 Å². The first-order valence-corrected chi connectivity index (χ1v) is 25.8. The maximum Gasteiger partial charge on any atom is 0.0976 e. The summed E-state index contributed by atoms with van der Waals surface area (Å²) in [7, 11) is 19.1. The molecule has 12 N–H and O–H groups in total. The van der Waals surface area contributed by atoms with Gasteiger partial charge in [-0.25, -0.2) is 42.7 Å². The minimum Gasteiger partial charge on any atom is -0.553 e. The van der Waals surface area contributed by atoms with E-state index in [1.807, 2.05) is 0 Å². The Bertz CT molecular complexity index is 979. The number of hydrogen-bond acceptors (Lipinski definition) is 24. The van der Waals surface area contributed by atoms with Gasteiger partial charge in [-0.3, -0.25) is 0 Å². The third-order valence-corrected chi connectivity index (χ3v) is 10.6. The second-order valence-corrected chi connectivity index (χ2v) is 17.9. The summed E-state index contributed by atoms with van der Waals surface area (Å²) in [5.74, 6) is 0. The summed E-state index contributed by atoms with van der Waals surface area (Å²) in [6.45, 7) is 2.77. The SMILES string of the molecule is [CH2-]OCC(O)CCCCC(O)COC1CC(OCC(O)CCCCC(O)CO[CH2-])CC(OCC(O)CCCCC(O)CO[CH2-])C1.[CH2-]OCC(O)COCCO.[CH2-]OCC(O)COCCO.[CH2-]OCC(O)COCCO.[Rf].[Rf].[Rf]. The Balaban J connectivity index is -0.000000317. The van der Waals surface area contributed by atoms with Gasteiger partial charge in [-0.2, -0.15) is 0 Å². The van der Waals surface area contributed by atoms with Gasteiger partial charge in [-0.05, 0) is 57.8 Å². The topological polar surface area (TPSA) is 354 Å². The maximum absolute atomic E-state index is 10.5. The summed E-state index contributed by atoms with van der Waals surface area (Å²) in [5, 5.41) is 112. The molecule has 1 aliphatic carbocycles. The first-order valence-electron chi connectivity index (χ1n) is 25.8. The molecule has 0 aromatic carbocycles. The van der Waals surface area contributed by atoms with Crippen molar-refractivity contribution in [2.24, 2.45) is 0 Å². The second-order valence-electron chi connectivity index (χ2n) is 17.9. The molecule has 1 aliphatic rings. The largest absolute Gasteiger partial charge is 0.553 e. The van der Waals surface area contributed by atoms with E-state index in [9.17, 15) is 30.6 Å². The van der Waals surface area contributed by atoms with E-state index in [4.69, 9.17) is 73.3 Å². The summed E-state index contributed by atoms with van der Waals surface area (Å²) in [4.78, 5) is 0. The Morgan fingerprint density at radius 2 is 0.462 bits per heavy atom. The zero-order chi connectivity index (χ0) is 56.7. The quantitative estimate of drug-likeness (QED) is 0.0284. The Labute approximate surface area is 448 Å². The molecule has 78 heavy (non-hydrogen) atoms. The smallest absolute Gasteiger partial charge is 0.0976 e. The standard InChI is InChI=1S/C33H63O12.3C6H13O4.3Rf/c1-40-19-25(34)10-4-7-13-28(37)22-43-31-16-32(44-23-29(38)14-8-5-11-26(35)20-41-2)18-33(17-31)45-24-30(39)15-9-6-12-27(36)21-42-3;3*1-9-4-6(8)5-10-3-2-7;;;/h25-39H,1-24H2;3*6-8H,1-5H2;;;/q-3;3*-1;;;. The predicted molar refractivity (Wildman–Crippen MR) is 274 cm³/mol. The molecule has 9 atom stereocenters. The third-order valence-electron chi connectivity index (χ3n) is 10.6. The molecule has 0 aromatic rings. The zero-order valence-electron chi connectivity index (χ0n) is 46.9. The molecule has 24 nitrogen and oxygen atoms in total. The summed E-state index contributed by atoms with van der Waals surface area (Å²) in [6, 6.07) is 0. The van der Waals surface area contributed by atoms with Crippen LogP contribution in [-0.4, -0.2) is 253 Å². The molecule has 1 saturated carbocycles. The molecule has 0 aliphatic heterocycles. The normalized spacial score (nSPS) is 18.5. The molecule has 0 amide bonds. The van der Waals surface area contributed by atoms with Crippen LogP contribution in [0, 0.1) is 42.7 Å². The number of unbranched alkanes of at least 4 members (excludes halogenated alkanes) is 3. The van der Waals surface area contributed by atoms with E-state index in [2.05, 4.69) is 56.9 Å². The number of aliphatic hydroxyl groups excluding tert-OH is 12. The predicted octanol–water partition coefficient (Wildman–Crippen LogP) is 0.0902. The molecule has 27 heteroatoms. The number of ether oxygens (including phenoxy) is 12. The van der Waals surface area contributed by atoms with Crippen molar-refractivity contribution in [1.29, 1.82) is 0 Å². The van der Waals surface area contributed by atoms with E-state index in [1.54, 1.807) is 0 Å². The van der Waals surface area contributed by atoms with Gasteiger partial charge in [-0.15, -0.1) is 0 Å². The Morgan fingerprint density at radius 1 is 0.282 bits per heavy atom. The van der Waals surface area contributed by atoms with Gasteiger partial charge in [0, 0.05) is 39.6 Å². The molecular weight excluding hydrogens is 1800 g/mol. The molecular formula is C51H102O24Rf3-6. The summed E-state index contributed by atoms with van der Waals surface area (Å²) in [5.41, 5.74) is 0. The van der Waals surface area contributed by atoms with Crippen molar-refractivity contribution in [3.05, 3.63) is 42.7 Å². The number of rotatable bonds is 48. The van der Waals surface area contributed by atoms with Crippen LogP contribution in [0.15, 0.2) is 0 Å². The molecule has 9 unspecified atom stereocenters. The van der Waals surface area contributed by atoms with Crippen molar-refractivity contribution in [1.82, 2.24) is 0 Å². The Morgan fingerprint density at radius 3 is 0.641 bits per heavy atom. The first kappa shape index (κ1) is 85.3. The van der Waals surface area contributed by atoms with E-state index >= 15 is 0 Å². The molecule has 0 saturated heterocycles. The molecule has 0 aromatic heterocycles. The molecule has 0 spiro atoms. The van der Waals surface area contributed by atoms with E-state index in [0.29, 0.717) is 57.8 Å². The van der Waals surface area contributed by atoms with Gasteiger partial charge in [0.2, 0.25) is 0 Å². The van der Waals surface area contributed by atoms with Crippen LogP contribution in [0.3, 0.4) is 0 Å². The minimum absolute atomic E-state index is 0. The van der Waals surface area contributed by atoms with Gasteiger partial charge < -0.3 is 118 Å². The van der Waals surface area contributed by atoms with Crippen molar-refractivity contribution < 1.29 is 118 Å². The zero-order valence-corrected chi connectivity index (χ0v) is 66.1. The van der Waals surface area contributed by atoms with Crippen molar-refractivity contribution in [2.75, 3.05) is 119 Å². The van der Waals surface area contributed by atoms with Crippen molar-refractivity contribution in [3.8, 4) is 0 Å². The van der Waals surface area contributed by atoms with Crippen molar-refractivity contribution >= 4 is 0 Å². The van der Waals surface area contributed by atoms with Crippen molar-refractivity contribution in [3.63, 3.8) is 0 Å². The Hall–Kier alpha value is -3.96. The average molecular weight is 1900 g/mol. The third kappa shape index (κ3) is 61.3. The van der Waals surface area contributed by atoms with Crippen LogP contribution >= 0.6 is 0 Å². The van der Waals surface area contributed by atoms with Crippen LogP contribution in [0.1, 0.15) is 96.3 Å². The molecule has 0 bridgehead atoms. The van der Waals surface area contributed by atoms with Gasteiger partial charge in [0.05, 0.1) is 153 Å². The minimum atomic E-state index is -0.649. The van der Waals surface area contributed by atoms with Gasteiger partial charge in [0.1, 0.15) is 0 Å². The second kappa shape index (κ2) is 63.9. The summed E-state index contributed by atoms with van der Waals surface area (Å²) < 4.78 is 59.9. The molecule has 0 radical (unpaired) electrons. The van der Waals surface area contributed by atoms with Crippen LogP contribution < -0.4 is 0 Å². The van der Waals surface area contributed by atoms with Crippen LogP contribution in [0.5, 0.6) is 0 Å². The summed E-state index contributed by atoms with van der Waals surface area (Å²) >= 11 is 0. The number of aliphatic hydroxyl groups is 12. The summed E-state index contributed by atoms with van der Waals surface area (Å²) in [6.07, 6.45) is 3.67. The van der Waals surface area contributed by atoms with Gasteiger partial charge in [0.25, 0.3) is 0 Å². The fraction of sp³-hybridized carbons (Fsp3) is 0.882. The molecule has 1 fully saturated rings. The monoisotopic (exact) mass is 1900 g/mol. The Kier molecular flexibility index (Phi) is 69.9. The molecule has 1 rings (SSSR count). The van der Waals surface area contributed by atoms with E-state index < -0.39 is 54.9 Å². The van der Waals surface area contributed by atoms with Crippen LogP contribution in [0.25, 0.3) is 0 Å². The van der Waals surface area contributed by atoms with Crippen LogP contribution in [0.4, 0.5) is 0 Å². The average Bonchev–Trinajstić information content (AvgIpc) is 3.37. The van der Waals surface area contributed by atoms with Gasteiger partial charge in [-0.1, -0.05) is 38.5 Å². The van der Waals surface area contributed by atoms with Crippen LogP contribution in [0.2, 0.25) is 0 Å². The first-order chi connectivity index (χ1) is 36.1. The van der Waals surface area contributed by atoms with Gasteiger partial charge in [0.15, 0.2) is 0 Å². The van der Waals surface area contributed by atoms with Gasteiger partial charge >= 0.3 is 0 Å². The fourth-order valence-corrected chi connectivity index (χ4v) is 6.91. The van der Waals surface area contributed by atoms with Crippen molar-refractivity contribution in [2.45, 2.75) is 170 Å². The molecule has 0 heterocycles. The molecule has 462 valence electrons. The van der Waals surface area contributed by atoms with Crippen LogP contribution in [-0.2, 0) is 56.8 Å². The van der Waals surface area contributed by atoms with E-state index in [0.717, 1.165) is 38.5 Å². The fourth-order valence-electron chi connectivity index (χ4n) is 6.91. The number of hydrogen-bond donors (Lipinski definition) is 12. The maximum atomic E-state index is 10.5.